The summed E-state index contributed by atoms with van der Waals surface area (Å²) in [5, 5.41) is 0.848. The predicted octanol–water partition coefficient (Wildman–Crippen LogP) is 3.60. The molecular formula is C21H18FN5. The van der Waals surface area contributed by atoms with Crippen molar-refractivity contribution in [3.05, 3.63) is 71.8 Å². The molecule has 2 atom stereocenters. The van der Waals surface area contributed by atoms with Crippen LogP contribution in [0.3, 0.4) is 0 Å². The molecule has 2 aromatic heterocycles. The summed E-state index contributed by atoms with van der Waals surface area (Å²) < 4.78 is 13.4. The van der Waals surface area contributed by atoms with Crippen LogP contribution in [0.2, 0.25) is 0 Å². The maximum Gasteiger partial charge on any atom is 0.137 e. The Morgan fingerprint density at radius 3 is 3.04 bits per heavy atom. The molecule has 1 aromatic carbocycles. The average Bonchev–Trinajstić information content (AvgIpc) is 3.02. The van der Waals surface area contributed by atoms with Gasteiger partial charge in [-0.2, -0.15) is 0 Å². The minimum atomic E-state index is -0.279. The van der Waals surface area contributed by atoms with Gasteiger partial charge in [0, 0.05) is 42.0 Å². The van der Waals surface area contributed by atoms with E-state index in [0.717, 1.165) is 34.7 Å². The van der Waals surface area contributed by atoms with E-state index in [0.29, 0.717) is 11.9 Å². The number of halogens is 1. The van der Waals surface area contributed by atoms with E-state index < -0.39 is 0 Å². The van der Waals surface area contributed by atoms with Crippen LogP contribution in [0.15, 0.2) is 53.9 Å². The minimum Gasteiger partial charge on any atom is -0.328 e. The maximum absolute atomic E-state index is 13.4. The van der Waals surface area contributed by atoms with Gasteiger partial charge in [-0.25, -0.2) is 14.4 Å². The normalized spacial score (nSPS) is 20.5. The Bertz CT molecular complexity index is 1090. The van der Waals surface area contributed by atoms with Crippen LogP contribution in [0.5, 0.6) is 0 Å². The van der Waals surface area contributed by atoms with Crippen molar-refractivity contribution in [2.45, 2.75) is 31.8 Å². The molecule has 0 saturated carbocycles. The third-order valence-electron chi connectivity index (χ3n) is 5.26. The molecule has 134 valence electrons. The number of fused-ring (bicyclic) bond motifs is 4. The number of aromatic nitrogens is 3. The topological polar surface area (TPSA) is 54.3 Å². The van der Waals surface area contributed by atoms with E-state index in [9.17, 15) is 4.39 Å². The van der Waals surface area contributed by atoms with Crippen molar-refractivity contribution in [3.8, 4) is 0 Å². The summed E-state index contributed by atoms with van der Waals surface area (Å²) in [6.45, 7) is 2.18. The van der Waals surface area contributed by atoms with Crippen molar-refractivity contribution in [2.24, 2.45) is 4.99 Å². The van der Waals surface area contributed by atoms with Crippen molar-refractivity contribution < 1.29 is 4.39 Å². The van der Waals surface area contributed by atoms with Gasteiger partial charge in [-0.3, -0.25) is 9.98 Å². The minimum absolute atomic E-state index is 0.155. The highest BCUT2D eigenvalue weighted by molar-refractivity contribution is 6.05. The van der Waals surface area contributed by atoms with Crippen LogP contribution in [0.25, 0.3) is 17.0 Å². The zero-order valence-electron chi connectivity index (χ0n) is 14.9. The third-order valence-corrected chi connectivity index (χ3v) is 5.26. The van der Waals surface area contributed by atoms with Gasteiger partial charge >= 0.3 is 0 Å². The Labute approximate surface area is 156 Å². The second-order valence-electron chi connectivity index (χ2n) is 6.95. The van der Waals surface area contributed by atoms with Gasteiger partial charge in [0.25, 0.3) is 0 Å². The molecule has 2 aliphatic rings. The van der Waals surface area contributed by atoms with Crippen LogP contribution in [0.4, 0.5) is 4.39 Å². The molecule has 0 radical (unpaired) electrons. The summed E-state index contributed by atoms with van der Waals surface area (Å²) in [6.07, 6.45) is 9.20. The molecule has 3 aromatic rings. The highest BCUT2D eigenvalue weighted by Crippen LogP contribution is 2.29. The molecule has 27 heavy (non-hydrogen) atoms. The first kappa shape index (κ1) is 16.1. The fourth-order valence-electron chi connectivity index (χ4n) is 3.75. The van der Waals surface area contributed by atoms with E-state index in [-0.39, 0.29) is 17.9 Å². The number of aliphatic imine (C=N–C) groups is 1. The molecule has 0 spiro atoms. The molecule has 0 N–H and O–H groups in total. The first-order valence-electron chi connectivity index (χ1n) is 9.10. The van der Waals surface area contributed by atoms with E-state index >= 15 is 0 Å². The van der Waals surface area contributed by atoms with Crippen molar-refractivity contribution >= 4 is 22.8 Å². The van der Waals surface area contributed by atoms with Gasteiger partial charge in [-0.15, -0.1) is 0 Å². The summed E-state index contributed by atoms with van der Waals surface area (Å²) in [5.74, 6) is 1.43. The van der Waals surface area contributed by atoms with Gasteiger partial charge in [0.2, 0.25) is 0 Å². The number of rotatable bonds is 3. The largest absolute Gasteiger partial charge is 0.328 e. The van der Waals surface area contributed by atoms with Crippen molar-refractivity contribution in [2.75, 3.05) is 0 Å². The van der Waals surface area contributed by atoms with Crippen LogP contribution in [-0.4, -0.2) is 37.8 Å². The molecule has 0 bridgehead atoms. The number of aryl methyl sites for hydroxylation is 1. The molecule has 0 amide bonds. The molecule has 0 fully saturated rings. The summed E-state index contributed by atoms with van der Waals surface area (Å²) in [4.78, 5) is 20.5. The maximum atomic E-state index is 13.4. The van der Waals surface area contributed by atoms with Crippen LogP contribution in [0.1, 0.15) is 30.4 Å². The Kier molecular flexibility index (Phi) is 3.70. The summed E-state index contributed by atoms with van der Waals surface area (Å²) in [7, 11) is 0. The summed E-state index contributed by atoms with van der Waals surface area (Å²) >= 11 is 0. The van der Waals surface area contributed by atoms with Crippen molar-refractivity contribution in [3.63, 3.8) is 0 Å². The van der Waals surface area contributed by atoms with Gasteiger partial charge in [-0.1, -0.05) is 0 Å². The van der Waals surface area contributed by atoms with Crippen molar-refractivity contribution in [1.29, 1.82) is 0 Å². The number of nitrogens with zero attached hydrogens (tertiary/aromatic N) is 5. The Balaban J connectivity index is 1.38. The van der Waals surface area contributed by atoms with Gasteiger partial charge < -0.3 is 4.90 Å². The van der Waals surface area contributed by atoms with Crippen molar-refractivity contribution in [1.82, 2.24) is 19.9 Å². The van der Waals surface area contributed by atoms with Gasteiger partial charge in [0.15, 0.2) is 0 Å². The lowest BCUT2D eigenvalue weighted by Crippen LogP contribution is -2.35. The highest BCUT2D eigenvalue weighted by Gasteiger charge is 2.34. The molecule has 0 saturated heterocycles. The molecule has 5 nitrogen and oxygen atoms in total. The SMILES string of the molecule is CC1C(CCc2ncc3ccc(F)cc3n2)N=C2c3cccnc3C=CN21. The first-order valence-corrected chi connectivity index (χ1v) is 9.10. The second kappa shape index (κ2) is 6.23. The molecule has 0 aliphatic carbocycles. The number of benzene rings is 1. The fraction of sp³-hybridized carbons (Fsp3) is 0.238. The Hall–Kier alpha value is -3.15. The zero-order chi connectivity index (χ0) is 18.4. The number of hydrogen-bond acceptors (Lipinski definition) is 5. The molecule has 5 rings (SSSR count). The monoisotopic (exact) mass is 359 g/mol. The average molecular weight is 359 g/mol. The smallest absolute Gasteiger partial charge is 0.137 e. The highest BCUT2D eigenvalue weighted by atomic mass is 19.1. The van der Waals surface area contributed by atoms with Gasteiger partial charge in [0.1, 0.15) is 17.5 Å². The zero-order valence-corrected chi connectivity index (χ0v) is 14.9. The molecule has 4 heterocycles. The van der Waals surface area contributed by atoms with Crippen LogP contribution < -0.4 is 0 Å². The summed E-state index contributed by atoms with van der Waals surface area (Å²) in [5.41, 5.74) is 2.68. The standard InChI is InChI=1S/C21H18FN5/c1-13-17(26-21-16-3-2-9-23-18(16)8-10-27(13)21)6-7-20-24-12-14-4-5-15(22)11-19(14)25-20/h2-5,8-13,17H,6-7H2,1H3. The lowest BCUT2D eigenvalue weighted by atomic mass is 10.0. The third kappa shape index (κ3) is 2.77. The summed E-state index contributed by atoms with van der Waals surface area (Å²) in [6, 6.07) is 9.01. The van der Waals surface area contributed by atoms with Crippen LogP contribution in [-0.2, 0) is 6.42 Å². The van der Waals surface area contributed by atoms with Crippen LogP contribution in [0, 0.1) is 5.82 Å². The molecule has 2 aliphatic heterocycles. The van der Waals surface area contributed by atoms with E-state index in [1.54, 1.807) is 18.5 Å². The van der Waals surface area contributed by atoms with E-state index in [2.05, 4.69) is 39.0 Å². The van der Waals surface area contributed by atoms with Gasteiger partial charge in [0.05, 0.1) is 23.3 Å². The number of pyridine rings is 1. The second-order valence-corrected chi connectivity index (χ2v) is 6.95. The Morgan fingerprint density at radius 1 is 1.19 bits per heavy atom. The van der Waals surface area contributed by atoms with E-state index in [1.807, 2.05) is 12.1 Å². The quantitative estimate of drug-likeness (QED) is 0.717. The fourth-order valence-corrected chi connectivity index (χ4v) is 3.75. The molecule has 2 unspecified atom stereocenters. The molecular weight excluding hydrogens is 341 g/mol. The lowest BCUT2D eigenvalue weighted by Gasteiger charge is -2.26. The molecule has 6 heteroatoms. The first-order chi connectivity index (χ1) is 13.2. The number of amidine groups is 1. The van der Waals surface area contributed by atoms with E-state index in [1.165, 1.54) is 12.1 Å². The predicted molar refractivity (Wildman–Crippen MR) is 103 cm³/mol. The van der Waals surface area contributed by atoms with E-state index in [4.69, 9.17) is 4.99 Å². The lowest BCUT2D eigenvalue weighted by molar-refractivity contribution is 0.392. The number of hydrogen-bond donors (Lipinski definition) is 0. The Morgan fingerprint density at radius 2 is 2.11 bits per heavy atom. The van der Waals surface area contributed by atoms with Gasteiger partial charge in [-0.05, 0) is 43.7 Å². The van der Waals surface area contributed by atoms with Crippen LogP contribution >= 0.6 is 0 Å².